The molecular weight excluding hydrogens is 394 g/mol. The van der Waals surface area contributed by atoms with E-state index < -0.39 is 0 Å². The average molecular weight is 418 g/mol. The van der Waals surface area contributed by atoms with Gasteiger partial charge in [-0.25, -0.2) is 4.98 Å². The van der Waals surface area contributed by atoms with Crippen molar-refractivity contribution in [1.82, 2.24) is 24.6 Å². The molecule has 0 unspecified atom stereocenters. The van der Waals surface area contributed by atoms with Gasteiger partial charge in [0.15, 0.2) is 0 Å². The molecule has 0 bridgehead atoms. The maximum atomic E-state index is 13.0. The summed E-state index contributed by atoms with van der Waals surface area (Å²) in [6.07, 6.45) is 7.31. The van der Waals surface area contributed by atoms with E-state index in [9.17, 15) is 4.79 Å². The number of hydrogen-bond donors (Lipinski definition) is 1. The second-order valence-electron chi connectivity index (χ2n) is 7.53. The van der Waals surface area contributed by atoms with Crippen LogP contribution in [0.3, 0.4) is 0 Å². The zero-order valence-electron chi connectivity index (χ0n) is 16.6. The van der Waals surface area contributed by atoms with Gasteiger partial charge in [0.2, 0.25) is 0 Å². The van der Waals surface area contributed by atoms with E-state index in [0.717, 1.165) is 40.6 Å². The van der Waals surface area contributed by atoms with Gasteiger partial charge in [0, 0.05) is 25.4 Å². The second-order valence-corrected chi connectivity index (χ2v) is 8.48. The Labute approximate surface area is 179 Å². The minimum atomic E-state index is -0.122. The monoisotopic (exact) mass is 417 g/mol. The Balaban J connectivity index is 1.36. The van der Waals surface area contributed by atoms with Gasteiger partial charge in [-0.3, -0.25) is 9.48 Å². The zero-order valence-corrected chi connectivity index (χ0v) is 17.4. The van der Waals surface area contributed by atoms with Crippen molar-refractivity contribution in [3.63, 3.8) is 0 Å². The highest BCUT2D eigenvalue weighted by atomic mass is 32.1. The lowest BCUT2D eigenvalue weighted by atomic mass is 10.2. The van der Waals surface area contributed by atoms with Gasteiger partial charge in [-0.2, -0.15) is 5.10 Å². The molecule has 4 heterocycles. The van der Waals surface area contributed by atoms with E-state index >= 15 is 0 Å². The van der Waals surface area contributed by atoms with Crippen LogP contribution in [0.25, 0.3) is 10.6 Å². The molecule has 5 rings (SSSR count). The third kappa shape index (κ3) is 3.93. The molecule has 0 saturated heterocycles. The van der Waals surface area contributed by atoms with Gasteiger partial charge in [-0.1, -0.05) is 36.4 Å². The molecule has 1 aromatic carbocycles. The molecule has 3 aromatic heterocycles. The van der Waals surface area contributed by atoms with E-state index in [0.29, 0.717) is 18.7 Å². The molecule has 6 nitrogen and oxygen atoms in total. The molecule has 0 saturated carbocycles. The van der Waals surface area contributed by atoms with Gasteiger partial charge in [0.05, 0.1) is 29.2 Å². The summed E-state index contributed by atoms with van der Waals surface area (Å²) in [5.74, 6) is 1.00. The predicted molar refractivity (Wildman–Crippen MR) is 117 cm³/mol. The number of aromatic nitrogens is 4. The van der Waals surface area contributed by atoms with Crippen LogP contribution in [0, 0.1) is 0 Å². The van der Waals surface area contributed by atoms with Crippen LogP contribution in [0.5, 0.6) is 0 Å². The van der Waals surface area contributed by atoms with Gasteiger partial charge >= 0.3 is 0 Å². The van der Waals surface area contributed by atoms with Crippen LogP contribution in [-0.2, 0) is 26.1 Å². The molecule has 0 radical (unpaired) electrons. The van der Waals surface area contributed by atoms with Crippen LogP contribution in [0.1, 0.15) is 40.3 Å². The highest BCUT2D eigenvalue weighted by Gasteiger charge is 2.19. The van der Waals surface area contributed by atoms with Crippen molar-refractivity contribution in [3.05, 3.63) is 82.9 Å². The number of aryl methyl sites for hydroxylation is 2. The first-order valence-corrected chi connectivity index (χ1v) is 11.1. The molecule has 0 aliphatic carbocycles. The normalized spacial score (nSPS) is 13.2. The molecule has 7 heteroatoms. The van der Waals surface area contributed by atoms with Crippen molar-refractivity contribution in [1.29, 1.82) is 0 Å². The molecule has 4 aromatic rings. The number of imidazole rings is 1. The summed E-state index contributed by atoms with van der Waals surface area (Å²) in [4.78, 5) is 18.7. The third-order valence-corrected chi connectivity index (χ3v) is 6.21. The third-order valence-electron chi connectivity index (χ3n) is 5.34. The minimum Gasteiger partial charge on any atom is -0.346 e. The summed E-state index contributed by atoms with van der Waals surface area (Å²) in [6, 6.07) is 14.1. The van der Waals surface area contributed by atoms with Crippen LogP contribution in [0.15, 0.2) is 60.2 Å². The standard InChI is InChI=1S/C23H23N5OS/c29-23(24-13-18-15-27-11-5-4-10-21(27)25-18)19-16-28(14-17-7-2-1-3-8-17)26-22(19)20-9-6-12-30-20/h1-3,6-9,12,15-16H,4-5,10-11,13-14H2,(H,24,29). The molecule has 0 atom stereocenters. The van der Waals surface area contributed by atoms with Crippen molar-refractivity contribution < 1.29 is 4.79 Å². The van der Waals surface area contributed by atoms with E-state index in [1.165, 1.54) is 12.8 Å². The summed E-state index contributed by atoms with van der Waals surface area (Å²) >= 11 is 1.59. The maximum absolute atomic E-state index is 13.0. The van der Waals surface area contributed by atoms with E-state index in [1.807, 2.05) is 46.6 Å². The van der Waals surface area contributed by atoms with Gasteiger partial charge < -0.3 is 9.88 Å². The second kappa shape index (κ2) is 8.28. The fourth-order valence-corrected chi connectivity index (χ4v) is 4.58. The molecule has 1 amide bonds. The van der Waals surface area contributed by atoms with Crippen LogP contribution in [0.2, 0.25) is 0 Å². The summed E-state index contributed by atoms with van der Waals surface area (Å²) in [5, 5.41) is 9.77. The molecular formula is C23H23N5OS. The van der Waals surface area contributed by atoms with Crippen molar-refractivity contribution in [3.8, 4) is 10.6 Å². The van der Waals surface area contributed by atoms with Crippen molar-refractivity contribution in [2.45, 2.75) is 38.9 Å². The lowest BCUT2D eigenvalue weighted by Gasteiger charge is -2.11. The maximum Gasteiger partial charge on any atom is 0.255 e. The largest absolute Gasteiger partial charge is 0.346 e. The number of fused-ring (bicyclic) bond motifs is 1. The summed E-state index contributed by atoms with van der Waals surface area (Å²) in [6.45, 7) is 2.07. The average Bonchev–Trinajstić information content (AvgIpc) is 3.51. The number of nitrogens with zero attached hydrogens (tertiary/aromatic N) is 4. The lowest BCUT2D eigenvalue weighted by Crippen LogP contribution is -2.23. The molecule has 1 aliphatic rings. The van der Waals surface area contributed by atoms with E-state index in [1.54, 1.807) is 11.3 Å². The van der Waals surface area contributed by atoms with Gasteiger partial charge in [0.25, 0.3) is 5.91 Å². The van der Waals surface area contributed by atoms with Crippen LogP contribution in [-0.4, -0.2) is 25.2 Å². The quantitative estimate of drug-likeness (QED) is 0.513. The van der Waals surface area contributed by atoms with Gasteiger partial charge in [-0.05, 0) is 29.9 Å². The zero-order chi connectivity index (χ0) is 20.3. The van der Waals surface area contributed by atoms with Crippen LogP contribution < -0.4 is 5.32 Å². The molecule has 1 N–H and O–H groups in total. The number of thiophene rings is 1. The number of amides is 1. The Kier molecular flexibility index (Phi) is 5.19. The van der Waals surface area contributed by atoms with Crippen molar-refractivity contribution in [2.75, 3.05) is 0 Å². The van der Waals surface area contributed by atoms with Gasteiger partial charge in [-0.15, -0.1) is 11.3 Å². The number of rotatable bonds is 6. The first kappa shape index (κ1) is 18.8. The highest BCUT2D eigenvalue weighted by Crippen LogP contribution is 2.27. The van der Waals surface area contributed by atoms with Crippen molar-refractivity contribution in [2.24, 2.45) is 0 Å². The lowest BCUT2D eigenvalue weighted by molar-refractivity contribution is 0.0951. The first-order valence-electron chi connectivity index (χ1n) is 10.2. The Hall–Kier alpha value is -3.19. The minimum absolute atomic E-state index is 0.122. The molecule has 0 spiro atoms. The Morgan fingerprint density at radius 2 is 2.00 bits per heavy atom. The molecule has 0 fully saturated rings. The predicted octanol–water partition coefficient (Wildman–Crippen LogP) is 4.12. The molecule has 1 aliphatic heterocycles. The van der Waals surface area contributed by atoms with Crippen LogP contribution >= 0.6 is 11.3 Å². The fraction of sp³-hybridized carbons (Fsp3) is 0.261. The van der Waals surface area contributed by atoms with Gasteiger partial charge in [0.1, 0.15) is 11.5 Å². The smallest absolute Gasteiger partial charge is 0.255 e. The summed E-state index contributed by atoms with van der Waals surface area (Å²) in [5.41, 5.74) is 3.38. The Bertz CT molecular complexity index is 1120. The molecule has 152 valence electrons. The fourth-order valence-electron chi connectivity index (χ4n) is 3.86. The number of benzene rings is 1. The number of carbonyl (C=O) groups is 1. The first-order chi connectivity index (χ1) is 14.8. The summed E-state index contributed by atoms with van der Waals surface area (Å²) < 4.78 is 4.05. The van der Waals surface area contributed by atoms with Crippen LogP contribution in [0.4, 0.5) is 0 Å². The SMILES string of the molecule is O=C(NCc1cn2c(n1)CCCC2)c1cn(Cc2ccccc2)nc1-c1cccs1. The van der Waals surface area contributed by atoms with Crippen molar-refractivity contribution >= 4 is 17.2 Å². The Morgan fingerprint density at radius 3 is 2.80 bits per heavy atom. The number of carbonyl (C=O) groups excluding carboxylic acids is 1. The number of hydrogen-bond acceptors (Lipinski definition) is 4. The number of nitrogens with one attached hydrogen (secondary N) is 1. The highest BCUT2D eigenvalue weighted by molar-refractivity contribution is 7.13. The summed E-state index contributed by atoms with van der Waals surface area (Å²) in [7, 11) is 0. The topological polar surface area (TPSA) is 64.7 Å². The van der Waals surface area contributed by atoms with E-state index in [4.69, 9.17) is 5.10 Å². The van der Waals surface area contributed by atoms with E-state index in [2.05, 4.69) is 33.2 Å². The Morgan fingerprint density at radius 1 is 1.10 bits per heavy atom. The molecule has 30 heavy (non-hydrogen) atoms. The van der Waals surface area contributed by atoms with E-state index in [-0.39, 0.29) is 5.91 Å².